The van der Waals surface area contributed by atoms with Crippen LogP contribution in [0.15, 0.2) is 35.7 Å². The molecule has 0 saturated heterocycles. The second kappa shape index (κ2) is 5.02. The Balaban J connectivity index is 3.53. The number of rotatable bonds is 4. The molecule has 17 heavy (non-hydrogen) atoms. The maximum absolute atomic E-state index is 11.7. The van der Waals surface area contributed by atoms with E-state index in [0.717, 1.165) is 6.26 Å². The molecule has 0 aliphatic rings. The Morgan fingerprint density at radius 2 is 2.06 bits per heavy atom. The van der Waals surface area contributed by atoms with E-state index < -0.39 is 15.1 Å². The number of carbonyl (C=O) groups excluding carboxylic acids is 1. The molecule has 0 radical (unpaired) electrons. The van der Waals surface area contributed by atoms with Gasteiger partial charge in [-0.25, -0.2) is 8.42 Å². The van der Waals surface area contributed by atoms with Crippen molar-refractivity contribution in [2.45, 2.75) is 17.7 Å². The zero-order valence-electron chi connectivity index (χ0n) is 9.60. The third kappa shape index (κ3) is 3.17. The average Bonchev–Trinajstić information content (AvgIpc) is 2.26. The molecule has 0 heterocycles. The summed E-state index contributed by atoms with van der Waals surface area (Å²) in [4.78, 5) is 11.1. The highest BCUT2D eigenvalue weighted by Crippen LogP contribution is 2.26. The SMILES string of the molecule is C=CC(C)c1ccc(C(=O)Cl)cc1S(C)(=O)=O. The Bertz CT molecular complexity index is 561. The standard InChI is InChI=1S/C12H13ClO3S/c1-4-8(2)10-6-5-9(12(13)14)7-11(10)17(3,15)16/h4-8H,1H2,2-3H3. The van der Waals surface area contributed by atoms with Crippen molar-refractivity contribution in [3.63, 3.8) is 0 Å². The molecule has 0 amide bonds. The molecule has 0 saturated carbocycles. The summed E-state index contributed by atoms with van der Waals surface area (Å²) in [5, 5.41) is -0.673. The molecule has 0 aliphatic heterocycles. The van der Waals surface area contributed by atoms with Crippen LogP contribution in [0.25, 0.3) is 0 Å². The highest BCUT2D eigenvalue weighted by Gasteiger charge is 2.18. The fraction of sp³-hybridized carbons (Fsp3) is 0.250. The van der Waals surface area contributed by atoms with E-state index in [9.17, 15) is 13.2 Å². The van der Waals surface area contributed by atoms with Gasteiger partial charge < -0.3 is 0 Å². The average molecular weight is 273 g/mol. The number of sulfone groups is 1. The molecule has 0 N–H and O–H groups in total. The van der Waals surface area contributed by atoms with Crippen LogP contribution in [0, 0.1) is 0 Å². The van der Waals surface area contributed by atoms with Gasteiger partial charge in [-0.1, -0.05) is 19.1 Å². The molecule has 0 bridgehead atoms. The van der Waals surface area contributed by atoms with Crippen molar-refractivity contribution < 1.29 is 13.2 Å². The lowest BCUT2D eigenvalue weighted by atomic mass is 10.00. The number of hydrogen-bond acceptors (Lipinski definition) is 3. The van der Waals surface area contributed by atoms with E-state index in [4.69, 9.17) is 11.6 Å². The summed E-state index contributed by atoms with van der Waals surface area (Å²) in [6, 6.07) is 4.41. The van der Waals surface area contributed by atoms with Gasteiger partial charge in [0.25, 0.3) is 5.24 Å². The van der Waals surface area contributed by atoms with Gasteiger partial charge in [-0.3, -0.25) is 4.79 Å². The van der Waals surface area contributed by atoms with Crippen LogP contribution in [0.3, 0.4) is 0 Å². The molecule has 5 heteroatoms. The van der Waals surface area contributed by atoms with Gasteiger partial charge in [-0.15, -0.1) is 6.58 Å². The molecule has 3 nitrogen and oxygen atoms in total. The molecule has 1 unspecified atom stereocenters. The predicted molar refractivity (Wildman–Crippen MR) is 68.3 cm³/mol. The number of halogens is 1. The molecular weight excluding hydrogens is 260 g/mol. The van der Waals surface area contributed by atoms with Gasteiger partial charge in [0.05, 0.1) is 4.90 Å². The number of benzene rings is 1. The summed E-state index contributed by atoms with van der Waals surface area (Å²) in [5.41, 5.74) is 0.788. The molecule has 0 fully saturated rings. The van der Waals surface area contributed by atoms with Crippen molar-refractivity contribution in [3.8, 4) is 0 Å². The predicted octanol–water partition coefficient (Wildman–Crippen LogP) is 2.76. The zero-order chi connectivity index (χ0) is 13.2. The minimum Gasteiger partial charge on any atom is -0.276 e. The molecule has 0 aliphatic carbocycles. The van der Waals surface area contributed by atoms with Crippen molar-refractivity contribution >= 4 is 26.7 Å². The van der Waals surface area contributed by atoms with E-state index in [1.807, 2.05) is 6.92 Å². The van der Waals surface area contributed by atoms with Crippen LogP contribution in [0.1, 0.15) is 28.8 Å². The molecule has 1 rings (SSSR count). The van der Waals surface area contributed by atoms with Crippen LogP contribution in [-0.4, -0.2) is 19.9 Å². The van der Waals surface area contributed by atoms with E-state index >= 15 is 0 Å². The molecule has 0 spiro atoms. The Morgan fingerprint density at radius 3 is 2.47 bits per heavy atom. The molecular formula is C12H13ClO3S. The van der Waals surface area contributed by atoms with Crippen molar-refractivity contribution in [2.75, 3.05) is 6.26 Å². The van der Waals surface area contributed by atoms with Crippen molar-refractivity contribution in [3.05, 3.63) is 42.0 Å². The van der Waals surface area contributed by atoms with Crippen LogP contribution in [0.2, 0.25) is 0 Å². The second-order valence-corrected chi connectivity index (χ2v) is 6.15. The molecule has 1 aromatic carbocycles. The molecule has 1 atom stereocenters. The largest absolute Gasteiger partial charge is 0.276 e. The lowest BCUT2D eigenvalue weighted by Gasteiger charge is -2.12. The van der Waals surface area contributed by atoms with E-state index in [-0.39, 0.29) is 16.4 Å². The Labute approximate surface area is 106 Å². The first-order valence-corrected chi connectivity index (χ1v) is 7.20. The summed E-state index contributed by atoms with van der Waals surface area (Å²) < 4.78 is 23.3. The smallest absolute Gasteiger partial charge is 0.252 e. The van der Waals surface area contributed by atoms with E-state index in [0.29, 0.717) is 5.56 Å². The van der Waals surface area contributed by atoms with E-state index in [1.165, 1.54) is 12.1 Å². The van der Waals surface area contributed by atoms with Crippen LogP contribution in [0.5, 0.6) is 0 Å². The first-order valence-electron chi connectivity index (χ1n) is 4.93. The van der Waals surface area contributed by atoms with Crippen LogP contribution in [0.4, 0.5) is 0 Å². The number of hydrogen-bond donors (Lipinski definition) is 0. The van der Waals surface area contributed by atoms with Crippen molar-refractivity contribution in [1.29, 1.82) is 0 Å². The first-order chi connectivity index (χ1) is 7.77. The van der Waals surface area contributed by atoms with Crippen LogP contribution < -0.4 is 0 Å². The highest BCUT2D eigenvalue weighted by atomic mass is 35.5. The van der Waals surface area contributed by atoms with Gasteiger partial charge in [0.15, 0.2) is 9.84 Å². The summed E-state index contributed by atoms with van der Waals surface area (Å²) >= 11 is 5.34. The summed E-state index contributed by atoms with van der Waals surface area (Å²) in [6.45, 7) is 5.46. The van der Waals surface area contributed by atoms with Crippen LogP contribution in [-0.2, 0) is 9.84 Å². The normalized spacial score (nSPS) is 13.1. The van der Waals surface area contributed by atoms with Crippen molar-refractivity contribution in [2.24, 2.45) is 0 Å². The summed E-state index contributed by atoms with van der Waals surface area (Å²) in [7, 11) is -3.40. The van der Waals surface area contributed by atoms with Crippen molar-refractivity contribution in [1.82, 2.24) is 0 Å². The fourth-order valence-electron chi connectivity index (χ4n) is 1.48. The lowest BCUT2D eigenvalue weighted by Crippen LogP contribution is -2.06. The van der Waals surface area contributed by atoms with E-state index in [1.54, 1.807) is 12.1 Å². The topological polar surface area (TPSA) is 51.2 Å². The quantitative estimate of drug-likeness (QED) is 0.626. The number of allylic oxidation sites excluding steroid dienone is 1. The lowest BCUT2D eigenvalue weighted by molar-refractivity contribution is 0.108. The Morgan fingerprint density at radius 1 is 1.47 bits per heavy atom. The van der Waals surface area contributed by atoms with Gasteiger partial charge in [0, 0.05) is 11.8 Å². The third-order valence-electron chi connectivity index (χ3n) is 2.48. The fourth-order valence-corrected chi connectivity index (χ4v) is 2.62. The van der Waals surface area contributed by atoms with Gasteiger partial charge in [-0.2, -0.15) is 0 Å². The number of carbonyl (C=O) groups is 1. The monoisotopic (exact) mass is 272 g/mol. The minimum absolute atomic E-state index is 0.112. The van der Waals surface area contributed by atoms with Gasteiger partial charge in [-0.05, 0) is 35.2 Å². The van der Waals surface area contributed by atoms with Gasteiger partial charge in [0.1, 0.15) is 0 Å². The maximum atomic E-state index is 11.7. The zero-order valence-corrected chi connectivity index (χ0v) is 11.2. The summed E-state index contributed by atoms with van der Waals surface area (Å²) in [5.74, 6) is -0.112. The third-order valence-corrected chi connectivity index (χ3v) is 3.85. The van der Waals surface area contributed by atoms with Crippen LogP contribution >= 0.6 is 11.6 Å². The molecule has 1 aromatic rings. The highest BCUT2D eigenvalue weighted by molar-refractivity contribution is 7.90. The Hall–Kier alpha value is -1.13. The minimum atomic E-state index is -3.40. The van der Waals surface area contributed by atoms with Gasteiger partial charge >= 0.3 is 0 Å². The molecule has 0 aromatic heterocycles. The van der Waals surface area contributed by atoms with E-state index in [2.05, 4.69) is 6.58 Å². The molecule has 92 valence electrons. The summed E-state index contributed by atoms with van der Waals surface area (Å²) in [6.07, 6.45) is 2.75. The first kappa shape index (κ1) is 13.9. The Kier molecular flexibility index (Phi) is 4.11. The maximum Gasteiger partial charge on any atom is 0.252 e. The second-order valence-electron chi connectivity index (χ2n) is 3.82. The van der Waals surface area contributed by atoms with Gasteiger partial charge in [0.2, 0.25) is 0 Å².